The number of carbonyl (C=O) groups excluding carboxylic acids is 2. The Morgan fingerprint density at radius 1 is 1.30 bits per heavy atom. The summed E-state index contributed by atoms with van der Waals surface area (Å²) in [5.41, 5.74) is 7.05. The molecule has 2 aromatic rings. The van der Waals surface area contributed by atoms with Crippen LogP contribution in [0.2, 0.25) is 0 Å². The van der Waals surface area contributed by atoms with Crippen molar-refractivity contribution < 1.29 is 9.59 Å². The van der Waals surface area contributed by atoms with Crippen LogP contribution >= 0.6 is 11.5 Å². The molecule has 2 amide bonds. The fourth-order valence-corrected chi connectivity index (χ4v) is 2.75. The molecule has 8 heteroatoms. The van der Waals surface area contributed by atoms with E-state index < -0.39 is 0 Å². The molecule has 0 unspecified atom stereocenters. The summed E-state index contributed by atoms with van der Waals surface area (Å²) < 4.78 is 4.02. The molecule has 120 valence electrons. The maximum atomic E-state index is 12.2. The quantitative estimate of drug-likeness (QED) is 0.736. The van der Waals surface area contributed by atoms with Crippen molar-refractivity contribution in [3.8, 4) is 0 Å². The average molecular weight is 331 g/mol. The second-order valence-corrected chi connectivity index (χ2v) is 6.24. The first-order valence-corrected chi connectivity index (χ1v) is 8.13. The Bertz CT molecular complexity index is 712. The Morgan fingerprint density at radius 2 is 2.13 bits per heavy atom. The van der Waals surface area contributed by atoms with E-state index in [-0.39, 0.29) is 28.1 Å². The van der Waals surface area contributed by atoms with E-state index in [1.807, 2.05) is 6.07 Å². The van der Waals surface area contributed by atoms with Crippen LogP contribution in [0.3, 0.4) is 0 Å². The highest BCUT2D eigenvalue weighted by Crippen LogP contribution is 2.28. The van der Waals surface area contributed by atoms with Crippen LogP contribution in [-0.4, -0.2) is 27.7 Å². The number of aromatic nitrogens is 2. The molecule has 2 aromatic heterocycles. The molecule has 3 rings (SSSR count). The van der Waals surface area contributed by atoms with Gasteiger partial charge in [-0.1, -0.05) is 6.07 Å². The van der Waals surface area contributed by atoms with Gasteiger partial charge in [0.1, 0.15) is 4.88 Å². The minimum absolute atomic E-state index is 0.127. The number of nitrogen functional groups attached to an aromatic ring is 1. The highest BCUT2D eigenvalue weighted by molar-refractivity contribution is 7.09. The predicted octanol–water partition coefficient (Wildman–Crippen LogP) is 1.19. The van der Waals surface area contributed by atoms with E-state index >= 15 is 0 Å². The van der Waals surface area contributed by atoms with Crippen LogP contribution in [-0.2, 0) is 6.54 Å². The van der Waals surface area contributed by atoms with Gasteiger partial charge in [-0.3, -0.25) is 14.6 Å². The molecule has 1 aliphatic carbocycles. The number of rotatable bonds is 6. The van der Waals surface area contributed by atoms with Crippen molar-refractivity contribution >= 4 is 29.0 Å². The van der Waals surface area contributed by atoms with Crippen molar-refractivity contribution in [3.05, 3.63) is 40.7 Å². The number of nitrogens with one attached hydrogen (secondary N) is 2. The van der Waals surface area contributed by atoms with Crippen LogP contribution in [0.25, 0.3) is 0 Å². The number of hydrogen-bond acceptors (Lipinski definition) is 6. The van der Waals surface area contributed by atoms with E-state index in [1.54, 1.807) is 18.5 Å². The Labute approximate surface area is 137 Å². The normalized spacial score (nSPS) is 13.6. The van der Waals surface area contributed by atoms with Crippen molar-refractivity contribution in [2.75, 3.05) is 12.3 Å². The lowest BCUT2D eigenvalue weighted by atomic mass is 10.2. The molecule has 0 bridgehead atoms. The zero-order chi connectivity index (χ0) is 16.2. The van der Waals surface area contributed by atoms with Crippen molar-refractivity contribution in [3.63, 3.8) is 0 Å². The lowest BCUT2D eigenvalue weighted by Gasteiger charge is -2.04. The third kappa shape index (κ3) is 3.84. The van der Waals surface area contributed by atoms with E-state index in [9.17, 15) is 9.59 Å². The van der Waals surface area contributed by atoms with Gasteiger partial charge in [0.25, 0.3) is 11.8 Å². The van der Waals surface area contributed by atoms with E-state index in [4.69, 9.17) is 5.73 Å². The van der Waals surface area contributed by atoms with Crippen LogP contribution in [0.4, 0.5) is 5.69 Å². The lowest BCUT2D eigenvalue weighted by Crippen LogP contribution is -2.27. The molecular formula is C15H17N5O2S. The summed E-state index contributed by atoms with van der Waals surface area (Å²) >= 11 is 0.934. The van der Waals surface area contributed by atoms with Crippen LogP contribution < -0.4 is 16.4 Å². The summed E-state index contributed by atoms with van der Waals surface area (Å²) in [6, 6.07) is 3.66. The maximum Gasteiger partial charge on any atom is 0.273 e. The number of carbonyl (C=O) groups is 2. The second kappa shape index (κ2) is 6.74. The molecule has 0 aliphatic heterocycles. The first-order valence-electron chi connectivity index (χ1n) is 7.35. The molecule has 2 heterocycles. The predicted molar refractivity (Wildman–Crippen MR) is 87.0 cm³/mol. The topological polar surface area (TPSA) is 110 Å². The molecule has 23 heavy (non-hydrogen) atoms. The standard InChI is InChI=1S/C15H17N5O2S/c16-11-12(14(21)18-7-9-3-4-9)20-23-13(11)15(22)19-8-10-2-1-5-17-6-10/h1-2,5-6,9H,3-4,7-8,16H2,(H,18,21)(H,19,22). The Balaban J connectivity index is 1.60. The van der Waals surface area contributed by atoms with Gasteiger partial charge < -0.3 is 16.4 Å². The Hall–Kier alpha value is -2.48. The van der Waals surface area contributed by atoms with Crippen LogP contribution in [0.1, 0.15) is 38.6 Å². The maximum absolute atomic E-state index is 12.2. The molecule has 0 aromatic carbocycles. The fourth-order valence-electron chi connectivity index (χ4n) is 2.03. The number of pyridine rings is 1. The first-order chi connectivity index (χ1) is 11.1. The van der Waals surface area contributed by atoms with Gasteiger partial charge in [0, 0.05) is 25.5 Å². The summed E-state index contributed by atoms with van der Waals surface area (Å²) in [5, 5.41) is 5.55. The lowest BCUT2D eigenvalue weighted by molar-refractivity contribution is 0.0947. The molecule has 7 nitrogen and oxygen atoms in total. The molecule has 0 radical (unpaired) electrons. The van der Waals surface area contributed by atoms with Gasteiger partial charge in [0.05, 0.1) is 5.69 Å². The molecule has 1 fully saturated rings. The number of nitrogens with zero attached hydrogens (tertiary/aromatic N) is 2. The smallest absolute Gasteiger partial charge is 0.273 e. The third-order valence-corrected chi connectivity index (χ3v) is 4.44. The number of anilines is 1. The molecule has 0 saturated heterocycles. The zero-order valence-corrected chi connectivity index (χ0v) is 13.2. The van der Waals surface area contributed by atoms with Gasteiger partial charge in [-0.2, -0.15) is 4.37 Å². The van der Waals surface area contributed by atoms with Crippen molar-refractivity contribution in [1.29, 1.82) is 0 Å². The van der Waals surface area contributed by atoms with Crippen LogP contribution in [0.15, 0.2) is 24.5 Å². The summed E-state index contributed by atoms with van der Waals surface area (Å²) in [6.07, 6.45) is 5.63. The SMILES string of the molecule is Nc1c(C(=O)NCC2CC2)nsc1C(=O)NCc1cccnc1. The van der Waals surface area contributed by atoms with Gasteiger partial charge in [0.15, 0.2) is 5.69 Å². The largest absolute Gasteiger partial charge is 0.395 e. The summed E-state index contributed by atoms with van der Waals surface area (Å²) in [7, 11) is 0. The highest BCUT2D eigenvalue weighted by atomic mass is 32.1. The van der Waals surface area contributed by atoms with E-state index in [2.05, 4.69) is 20.0 Å². The van der Waals surface area contributed by atoms with Gasteiger partial charge in [-0.05, 0) is 41.9 Å². The third-order valence-electron chi connectivity index (χ3n) is 3.57. The number of hydrogen-bond donors (Lipinski definition) is 3. The molecular weight excluding hydrogens is 314 g/mol. The first kappa shape index (κ1) is 15.4. The number of amides is 2. The van der Waals surface area contributed by atoms with Crippen LogP contribution in [0.5, 0.6) is 0 Å². The van der Waals surface area contributed by atoms with Gasteiger partial charge in [0.2, 0.25) is 0 Å². The zero-order valence-electron chi connectivity index (χ0n) is 12.4. The van der Waals surface area contributed by atoms with Gasteiger partial charge in [-0.25, -0.2) is 0 Å². The van der Waals surface area contributed by atoms with Crippen LogP contribution in [0, 0.1) is 5.92 Å². The van der Waals surface area contributed by atoms with Crippen molar-refractivity contribution in [1.82, 2.24) is 20.0 Å². The summed E-state index contributed by atoms with van der Waals surface area (Å²) in [5.74, 6) is -0.0943. The summed E-state index contributed by atoms with van der Waals surface area (Å²) in [4.78, 5) is 28.4. The molecule has 0 atom stereocenters. The molecule has 4 N–H and O–H groups in total. The monoisotopic (exact) mass is 331 g/mol. The fraction of sp³-hybridized carbons (Fsp3) is 0.333. The van der Waals surface area contributed by atoms with Gasteiger partial charge >= 0.3 is 0 Å². The molecule has 1 aliphatic rings. The second-order valence-electron chi connectivity index (χ2n) is 5.47. The minimum Gasteiger partial charge on any atom is -0.395 e. The number of nitrogens with two attached hydrogens (primary N) is 1. The molecule has 1 saturated carbocycles. The Kier molecular flexibility index (Phi) is 4.52. The van der Waals surface area contributed by atoms with E-state index in [0.29, 0.717) is 19.0 Å². The van der Waals surface area contributed by atoms with E-state index in [0.717, 1.165) is 29.9 Å². The summed E-state index contributed by atoms with van der Waals surface area (Å²) in [6.45, 7) is 0.978. The molecule has 0 spiro atoms. The highest BCUT2D eigenvalue weighted by Gasteiger charge is 2.25. The van der Waals surface area contributed by atoms with Gasteiger partial charge in [-0.15, -0.1) is 0 Å². The minimum atomic E-state index is -0.343. The average Bonchev–Trinajstić information content (AvgIpc) is 3.32. The van der Waals surface area contributed by atoms with E-state index in [1.165, 1.54) is 0 Å². The Morgan fingerprint density at radius 3 is 2.83 bits per heavy atom. The van der Waals surface area contributed by atoms with Crippen molar-refractivity contribution in [2.45, 2.75) is 19.4 Å². The van der Waals surface area contributed by atoms with Crippen molar-refractivity contribution in [2.24, 2.45) is 5.92 Å².